The molecule has 0 amide bonds. The van der Waals surface area contributed by atoms with Crippen molar-refractivity contribution in [2.24, 2.45) is 0 Å². The van der Waals surface area contributed by atoms with Gasteiger partial charge in [0.25, 0.3) is 0 Å². The standard InChI is InChI=1S/C6H6BClFNO2/c8-3-1-4(7(11)12)6(10)5(9)2-3/h1-2,11-12H,10H2. The predicted octanol–water partition coefficient (Wildman–Crippen LogP) is -0.259. The van der Waals surface area contributed by atoms with E-state index in [-0.39, 0.29) is 16.2 Å². The third kappa shape index (κ3) is 1.69. The number of anilines is 1. The largest absolute Gasteiger partial charge is 0.490 e. The summed E-state index contributed by atoms with van der Waals surface area (Å²) in [5, 5.41) is 17.5. The minimum Gasteiger partial charge on any atom is -0.423 e. The highest BCUT2D eigenvalue weighted by Crippen LogP contribution is 2.14. The van der Waals surface area contributed by atoms with Gasteiger partial charge in [-0.1, -0.05) is 11.6 Å². The van der Waals surface area contributed by atoms with Crippen molar-refractivity contribution in [3.8, 4) is 0 Å². The van der Waals surface area contributed by atoms with Crippen molar-refractivity contribution in [3.05, 3.63) is 23.0 Å². The summed E-state index contributed by atoms with van der Waals surface area (Å²) in [6, 6.07) is 2.20. The first kappa shape index (κ1) is 9.31. The number of rotatable bonds is 1. The van der Waals surface area contributed by atoms with Crippen LogP contribution in [0, 0.1) is 5.82 Å². The second kappa shape index (κ2) is 3.31. The molecule has 0 unspecified atom stereocenters. The van der Waals surface area contributed by atoms with Crippen molar-refractivity contribution in [2.45, 2.75) is 0 Å². The Labute approximate surface area is 73.7 Å². The van der Waals surface area contributed by atoms with Crippen LogP contribution < -0.4 is 11.2 Å². The molecule has 0 saturated carbocycles. The van der Waals surface area contributed by atoms with Crippen molar-refractivity contribution < 1.29 is 14.4 Å². The fraction of sp³-hybridized carbons (Fsp3) is 0. The summed E-state index contributed by atoms with van der Waals surface area (Å²) in [5.41, 5.74) is 4.78. The molecule has 0 bridgehead atoms. The van der Waals surface area contributed by atoms with Gasteiger partial charge in [-0.15, -0.1) is 0 Å². The molecule has 1 aromatic rings. The lowest BCUT2D eigenvalue weighted by Gasteiger charge is -2.05. The lowest BCUT2D eigenvalue weighted by Crippen LogP contribution is -2.33. The van der Waals surface area contributed by atoms with Crippen molar-refractivity contribution in [2.75, 3.05) is 5.73 Å². The number of halogens is 2. The molecule has 64 valence electrons. The Morgan fingerprint density at radius 2 is 2.00 bits per heavy atom. The molecule has 1 aromatic carbocycles. The molecule has 0 aliphatic carbocycles. The second-order valence-electron chi connectivity index (χ2n) is 2.26. The maximum atomic E-state index is 12.8. The van der Waals surface area contributed by atoms with Gasteiger partial charge in [0.05, 0.1) is 5.69 Å². The van der Waals surface area contributed by atoms with Gasteiger partial charge in [0, 0.05) is 10.5 Å². The lowest BCUT2D eigenvalue weighted by atomic mass is 9.79. The highest BCUT2D eigenvalue weighted by molar-refractivity contribution is 6.60. The third-order valence-electron chi connectivity index (χ3n) is 1.40. The summed E-state index contributed by atoms with van der Waals surface area (Å²) >= 11 is 5.45. The van der Waals surface area contributed by atoms with Crippen LogP contribution in [-0.4, -0.2) is 17.2 Å². The van der Waals surface area contributed by atoms with Gasteiger partial charge in [-0.2, -0.15) is 0 Å². The monoisotopic (exact) mass is 189 g/mol. The normalized spacial score (nSPS) is 10.0. The Bertz CT molecular complexity index is 308. The van der Waals surface area contributed by atoms with Crippen LogP contribution in [0.15, 0.2) is 12.1 Å². The highest BCUT2D eigenvalue weighted by atomic mass is 35.5. The summed E-state index contributed by atoms with van der Waals surface area (Å²) in [6.45, 7) is 0. The molecule has 0 fully saturated rings. The molecule has 4 N–H and O–H groups in total. The van der Waals surface area contributed by atoms with Crippen LogP contribution in [0.25, 0.3) is 0 Å². The maximum Gasteiger partial charge on any atom is 0.490 e. The van der Waals surface area contributed by atoms with Gasteiger partial charge in [-0.25, -0.2) is 4.39 Å². The van der Waals surface area contributed by atoms with Crippen LogP contribution in [0.2, 0.25) is 5.02 Å². The van der Waals surface area contributed by atoms with Gasteiger partial charge in [0.15, 0.2) is 0 Å². The van der Waals surface area contributed by atoms with Crippen LogP contribution >= 0.6 is 11.6 Å². The van der Waals surface area contributed by atoms with E-state index in [0.29, 0.717) is 0 Å². The molecule has 0 spiro atoms. The Hall–Kier alpha value is -0.775. The summed E-state index contributed by atoms with van der Waals surface area (Å²) < 4.78 is 12.8. The molecule has 0 saturated heterocycles. The third-order valence-corrected chi connectivity index (χ3v) is 1.62. The zero-order valence-corrected chi connectivity index (χ0v) is 6.72. The number of benzene rings is 1. The van der Waals surface area contributed by atoms with E-state index in [1.807, 2.05) is 0 Å². The summed E-state index contributed by atoms with van der Waals surface area (Å²) in [6.07, 6.45) is 0. The zero-order valence-electron chi connectivity index (χ0n) is 5.96. The van der Waals surface area contributed by atoms with E-state index in [1.165, 1.54) is 6.07 Å². The van der Waals surface area contributed by atoms with Crippen molar-refractivity contribution in [3.63, 3.8) is 0 Å². The van der Waals surface area contributed by atoms with Gasteiger partial charge < -0.3 is 15.8 Å². The molecule has 0 radical (unpaired) electrons. The molecular weight excluding hydrogens is 183 g/mol. The predicted molar refractivity (Wildman–Crippen MR) is 45.6 cm³/mol. The van der Waals surface area contributed by atoms with E-state index in [2.05, 4.69) is 0 Å². The number of nitrogens with two attached hydrogens (primary N) is 1. The molecule has 12 heavy (non-hydrogen) atoms. The molecule has 1 rings (SSSR count). The minimum absolute atomic E-state index is 0.0739. The van der Waals surface area contributed by atoms with Gasteiger partial charge in [0.2, 0.25) is 0 Å². The van der Waals surface area contributed by atoms with E-state index in [4.69, 9.17) is 27.4 Å². The molecule has 0 atom stereocenters. The van der Waals surface area contributed by atoms with Crippen LogP contribution in [0.3, 0.4) is 0 Å². The highest BCUT2D eigenvalue weighted by Gasteiger charge is 2.17. The maximum absolute atomic E-state index is 12.8. The quantitative estimate of drug-likeness (QED) is 0.421. The first-order chi connectivity index (χ1) is 5.52. The molecule has 0 heterocycles. The van der Waals surface area contributed by atoms with Crippen molar-refractivity contribution in [1.82, 2.24) is 0 Å². The fourth-order valence-corrected chi connectivity index (χ4v) is 1.03. The minimum atomic E-state index is -1.81. The average molecular weight is 189 g/mol. The van der Waals surface area contributed by atoms with E-state index in [9.17, 15) is 4.39 Å². The van der Waals surface area contributed by atoms with E-state index < -0.39 is 12.9 Å². The molecule has 0 aliphatic rings. The van der Waals surface area contributed by atoms with Gasteiger partial charge in [0.1, 0.15) is 5.82 Å². The Morgan fingerprint density at radius 1 is 1.42 bits per heavy atom. The Morgan fingerprint density at radius 3 is 2.50 bits per heavy atom. The smallest absolute Gasteiger partial charge is 0.423 e. The zero-order chi connectivity index (χ0) is 9.30. The van der Waals surface area contributed by atoms with Crippen molar-refractivity contribution >= 4 is 29.9 Å². The van der Waals surface area contributed by atoms with Crippen LogP contribution in [0.1, 0.15) is 0 Å². The first-order valence-electron chi connectivity index (χ1n) is 3.13. The average Bonchev–Trinajstić information content (AvgIpc) is 1.96. The Balaban J connectivity index is 3.28. The van der Waals surface area contributed by atoms with Crippen LogP contribution in [-0.2, 0) is 0 Å². The fourth-order valence-electron chi connectivity index (χ4n) is 0.818. The van der Waals surface area contributed by atoms with Gasteiger partial charge in [-0.3, -0.25) is 0 Å². The number of hydrogen-bond acceptors (Lipinski definition) is 3. The summed E-state index contributed by atoms with van der Waals surface area (Å²) in [4.78, 5) is 0. The van der Waals surface area contributed by atoms with Gasteiger partial charge in [-0.05, 0) is 12.1 Å². The molecule has 3 nitrogen and oxygen atoms in total. The molecule has 0 aromatic heterocycles. The van der Waals surface area contributed by atoms with Gasteiger partial charge >= 0.3 is 7.12 Å². The first-order valence-corrected chi connectivity index (χ1v) is 3.50. The molecule has 0 aliphatic heterocycles. The molecule has 6 heteroatoms. The summed E-state index contributed by atoms with van der Waals surface area (Å²) in [5.74, 6) is -0.759. The van der Waals surface area contributed by atoms with E-state index >= 15 is 0 Å². The Kier molecular flexibility index (Phi) is 2.57. The van der Waals surface area contributed by atoms with E-state index in [1.54, 1.807) is 0 Å². The molecular formula is C6H6BClFNO2. The SMILES string of the molecule is Nc1c(F)cc(Cl)cc1B(O)O. The number of nitrogen functional groups attached to an aromatic ring is 1. The number of hydrogen-bond donors (Lipinski definition) is 3. The van der Waals surface area contributed by atoms with Crippen LogP contribution in [0.4, 0.5) is 10.1 Å². The van der Waals surface area contributed by atoms with Crippen LogP contribution in [0.5, 0.6) is 0 Å². The topological polar surface area (TPSA) is 66.5 Å². The van der Waals surface area contributed by atoms with E-state index in [0.717, 1.165) is 6.07 Å². The van der Waals surface area contributed by atoms with Crippen molar-refractivity contribution in [1.29, 1.82) is 0 Å². The second-order valence-corrected chi connectivity index (χ2v) is 2.70. The summed E-state index contributed by atoms with van der Waals surface area (Å²) in [7, 11) is -1.81. The lowest BCUT2D eigenvalue weighted by molar-refractivity contribution is 0.425.